The minimum atomic E-state index is -1.17. The van der Waals surface area contributed by atoms with Crippen molar-refractivity contribution in [2.24, 2.45) is 0 Å². The number of nitrogens with zero attached hydrogens (tertiary/aromatic N) is 4. The highest BCUT2D eigenvalue weighted by Crippen LogP contribution is 2.35. The molecule has 1 atom stereocenters. The summed E-state index contributed by atoms with van der Waals surface area (Å²) in [4.78, 5) is 0. The highest BCUT2D eigenvalue weighted by atomic mass is 35.5. The Bertz CT molecular complexity index is 1060. The molecular formula is C23H32Cl2N4O3Si. The molecule has 2 aromatic heterocycles. The fourth-order valence-electron chi connectivity index (χ4n) is 3.43. The van der Waals surface area contributed by atoms with Gasteiger partial charge >= 0.3 is 0 Å². The van der Waals surface area contributed by atoms with Crippen molar-refractivity contribution in [3.05, 3.63) is 57.5 Å². The molecule has 0 radical (unpaired) electrons. The molecule has 7 nitrogen and oxygen atoms in total. The molecule has 0 aliphatic rings. The van der Waals surface area contributed by atoms with Crippen LogP contribution < -0.4 is 4.74 Å². The molecule has 1 aromatic carbocycles. The number of hydrogen-bond donors (Lipinski definition) is 1. The summed E-state index contributed by atoms with van der Waals surface area (Å²) < 4.78 is 15.4. The second-order valence-corrected chi connectivity index (χ2v) is 15.5. The quantitative estimate of drug-likeness (QED) is 0.247. The number of aliphatic hydroxyl groups excluding tert-OH is 1. The maximum atomic E-state index is 11.3. The van der Waals surface area contributed by atoms with Crippen LogP contribution in [0.3, 0.4) is 0 Å². The first-order valence-corrected chi connectivity index (χ1v) is 15.6. The van der Waals surface area contributed by atoms with Gasteiger partial charge in [0.05, 0.1) is 5.69 Å². The van der Waals surface area contributed by atoms with Crippen LogP contribution in [0.25, 0.3) is 0 Å². The molecule has 0 bridgehead atoms. The first-order chi connectivity index (χ1) is 15.6. The van der Waals surface area contributed by atoms with E-state index in [9.17, 15) is 5.11 Å². The monoisotopic (exact) mass is 510 g/mol. The van der Waals surface area contributed by atoms with E-state index >= 15 is 0 Å². The summed E-state index contributed by atoms with van der Waals surface area (Å²) >= 11 is 12.3. The predicted octanol–water partition coefficient (Wildman–Crippen LogP) is 6.16. The Morgan fingerprint density at radius 1 is 1.09 bits per heavy atom. The van der Waals surface area contributed by atoms with E-state index in [1.165, 1.54) is 0 Å². The lowest BCUT2D eigenvalue weighted by atomic mass is 10.1. The van der Waals surface area contributed by atoms with Gasteiger partial charge in [0.1, 0.15) is 24.3 Å². The zero-order valence-electron chi connectivity index (χ0n) is 19.8. The van der Waals surface area contributed by atoms with Crippen LogP contribution in [0.15, 0.2) is 30.5 Å². The van der Waals surface area contributed by atoms with Crippen molar-refractivity contribution in [2.45, 2.75) is 65.3 Å². The Balaban J connectivity index is 1.86. The van der Waals surface area contributed by atoms with Crippen molar-refractivity contribution < 1.29 is 14.6 Å². The van der Waals surface area contributed by atoms with Gasteiger partial charge in [0.25, 0.3) is 0 Å². The Kier molecular flexibility index (Phi) is 8.63. The van der Waals surface area contributed by atoms with Crippen LogP contribution in [-0.4, -0.2) is 39.3 Å². The summed E-state index contributed by atoms with van der Waals surface area (Å²) in [6.07, 6.45) is 1.31. The SMILES string of the molecule is CCc1c([C@H](O)c2ccnn2COCC[Si](C)(C)C)nn(CC)c1Oc1cc(Cl)cc(Cl)c1. The van der Waals surface area contributed by atoms with Crippen LogP contribution in [0.4, 0.5) is 0 Å². The van der Waals surface area contributed by atoms with Gasteiger partial charge in [-0.15, -0.1) is 0 Å². The molecule has 0 amide bonds. The molecule has 3 aromatic rings. The lowest BCUT2D eigenvalue weighted by molar-refractivity contribution is 0.0700. The van der Waals surface area contributed by atoms with Crippen LogP contribution in [0.1, 0.15) is 36.9 Å². The van der Waals surface area contributed by atoms with E-state index < -0.39 is 14.2 Å². The van der Waals surface area contributed by atoms with Gasteiger partial charge in [-0.3, -0.25) is 0 Å². The lowest BCUT2D eigenvalue weighted by Crippen LogP contribution is -2.22. The number of aliphatic hydroxyl groups is 1. The fourth-order valence-corrected chi connectivity index (χ4v) is 4.70. The molecule has 0 spiro atoms. The van der Waals surface area contributed by atoms with Gasteiger partial charge in [-0.2, -0.15) is 10.2 Å². The number of aryl methyl sites for hydroxylation is 1. The van der Waals surface area contributed by atoms with E-state index in [0.29, 0.717) is 52.6 Å². The van der Waals surface area contributed by atoms with Crippen molar-refractivity contribution in [2.75, 3.05) is 6.61 Å². The highest BCUT2D eigenvalue weighted by molar-refractivity contribution is 6.76. The van der Waals surface area contributed by atoms with Gasteiger partial charge in [0, 0.05) is 43.0 Å². The van der Waals surface area contributed by atoms with Crippen LogP contribution in [0, 0.1) is 0 Å². The second kappa shape index (κ2) is 11.1. The van der Waals surface area contributed by atoms with Crippen molar-refractivity contribution in [3.8, 4) is 11.6 Å². The summed E-state index contributed by atoms with van der Waals surface area (Å²) in [7, 11) is -1.17. The Morgan fingerprint density at radius 3 is 2.39 bits per heavy atom. The number of benzene rings is 1. The Hall–Kier alpha value is -1.84. The Labute approximate surface area is 206 Å². The summed E-state index contributed by atoms with van der Waals surface area (Å²) in [6, 6.07) is 7.90. The third-order valence-corrected chi connectivity index (χ3v) is 7.37. The van der Waals surface area contributed by atoms with Gasteiger partial charge in [-0.05, 0) is 43.7 Å². The molecule has 2 heterocycles. The molecule has 0 fully saturated rings. The molecule has 10 heteroatoms. The number of rotatable bonds is 11. The van der Waals surface area contributed by atoms with E-state index in [2.05, 4.69) is 29.8 Å². The van der Waals surface area contributed by atoms with Crippen molar-refractivity contribution in [1.29, 1.82) is 0 Å². The van der Waals surface area contributed by atoms with Crippen molar-refractivity contribution in [1.82, 2.24) is 19.6 Å². The molecule has 180 valence electrons. The van der Waals surface area contributed by atoms with Crippen molar-refractivity contribution >= 4 is 31.3 Å². The molecule has 0 aliphatic carbocycles. The fraction of sp³-hybridized carbons (Fsp3) is 0.478. The number of ether oxygens (including phenoxy) is 2. The number of halogens is 2. The summed E-state index contributed by atoms with van der Waals surface area (Å²) in [5, 5.41) is 21.2. The number of hydrogen-bond acceptors (Lipinski definition) is 5. The zero-order valence-corrected chi connectivity index (χ0v) is 22.3. The minimum Gasteiger partial charge on any atom is -0.439 e. The van der Waals surface area contributed by atoms with Crippen LogP contribution in [-0.2, 0) is 24.4 Å². The summed E-state index contributed by atoms with van der Waals surface area (Å²) in [5.74, 6) is 1.07. The largest absolute Gasteiger partial charge is 0.439 e. The van der Waals surface area contributed by atoms with E-state index in [1.807, 2.05) is 13.8 Å². The topological polar surface area (TPSA) is 74.3 Å². The van der Waals surface area contributed by atoms with Gasteiger partial charge in [0.15, 0.2) is 0 Å². The molecule has 33 heavy (non-hydrogen) atoms. The molecular weight excluding hydrogens is 479 g/mol. The Morgan fingerprint density at radius 2 is 1.79 bits per heavy atom. The molecule has 1 N–H and O–H groups in total. The minimum absolute atomic E-state index is 0.282. The maximum Gasteiger partial charge on any atom is 0.221 e. The average molecular weight is 512 g/mol. The number of aromatic nitrogens is 4. The van der Waals surface area contributed by atoms with Gasteiger partial charge < -0.3 is 14.6 Å². The molecule has 0 saturated heterocycles. The summed E-state index contributed by atoms with van der Waals surface area (Å²) in [5.41, 5.74) is 1.97. The summed E-state index contributed by atoms with van der Waals surface area (Å²) in [6.45, 7) is 12.4. The smallest absolute Gasteiger partial charge is 0.221 e. The first kappa shape index (κ1) is 25.8. The van der Waals surface area contributed by atoms with E-state index in [4.69, 9.17) is 32.7 Å². The molecule has 3 rings (SSSR count). The van der Waals surface area contributed by atoms with Crippen LogP contribution in [0.5, 0.6) is 11.6 Å². The third kappa shape index (κ3) is 6.61. The van der Waals surface area contributed by atoms with Gasteiger partial charge in [-0.1, -0.05) is 49.8 Å². The standard InChI is InChI=1S/C23H32Cl2N4O3Si/c1-6-19-21(22(30)20-8-9-26-29(20)15-31-10-11-33(3,4)5)27-28(7-2)23(19)32-18-13-16(24)12-17(25)14-18/h8-9,12-14,22,30H,6-7,10-11,15H2,1-5H3/t22-/m1/s1. The van der Waals surface area contributed by atoms with Gasteiger partial charge in [-0.25, -0.2) is 9.36 Å². The highest BCUT2D eigenvalue weighted by Gasteiger charge is 2.27. The maximum absolute atomic E-state index is 11.3. The van der Waals surface area contributed by atoms with E-state index in [-0.39, 0.29) is 6.73 Å². The molecule has 0 saturated carbocycles. The molecule has 0 unspecified atom stereocenters. The average Bonchev–Trinajstić information content (AvgIpc) is 3.33. The zero-order chi connectivity index (χ0) is 24.2. The van der Waals surface area contributed by atoms with Crippen LogP contribution in [0.2, 0.25) is 35.7 Å². The van der Waals surface area contributed by atoms with E-state index in [0.717, 1.165) is 11.6 Å². The van der Waals surface area contributed by atoms with Crippen LogP contribution >= 0.6 is 23.2 Å². The van der Waals surface area contributed by atoms with Crippen molar-refractivity contribution in [3.63, 3.8) is 0 Å². The normalized spacial score (nSPS) is 12.8. The second-order valence-electron chi connectivity index (χ2n) is 9.05. The molecule has 0 aliphatic heterocycles. The lowest BCUT2D eigenvalue weighted by Gasteiger charge is -2.17. The van der Waals surface area contributed by atoms with Gasteiger partial charge in [0.2, 0.25) is 5.88 Å². The first-order valence-electron chi connectivity index (χ1n) is 11.1. The van der Waals surface area contributed by atoms with E-state index in [1.54, 1.807) is 39.8 Å². The predicted molar refractivity (Wildman–Crippen MR) is 134 cm³/mol. The third-order valence-electron chi connectivity index (χ3n) is 5.23.